The minimum Gasteiger partial charge on any atom is -0.396 e. The summed E-state index contributed by atoms with van der Waals surface area (Å²) in [5.74, 6) is 3.14. The fourth-order valence-electron chi connectivity index (χ4n) is 4.69. The summed E-state index contributed by atoms with van der Waals surface area (Å²) in [5, 5.41) is 35.4. The Bertz CT molecular complexity index is 718. The Labute approximate surface area is 337 Å². The Morgan fingerprint density at radius 2 is 0.698 bits per heavy atom. The van der Waals surface area contributed by atoms with Crippen molar-refractivity contribution in [3.8, 4) is 0 Å². The molecule has 0 radical (unpaired) electrons. The van der Waals surface area contributed by atoms with Crippen LogP contribution in [-0.2, 0) is 4.74 Å². The zero-order valence-electron chi connectivity index (χ0n) is 41.7. The average Bonchev–Trinajstić information content (AvgIpc) is 2.97. The summed E-state index contributed by atoms with van der Waals surface area (Å²) < 4.78 is 5.12. The Kier molecular flexibility index (Phi) is 38.9. The van der Waals surface area contributed by atoms with Gasteiger partial charge in [-0.2, -0.15) is 0 Å². The molecular formula is C48H108O5. The van der Waals surface area contributed by atoms with Crippen molar-refractivity contribution >= 4 is 0 Å². The van der Waals surface area contributed by atoms with E-state index in [1.54, 1.807) is 7.11 Å². The summed E-state index contributed by atoms with van der Waals surface area (Å²) in [7, 11) is 1.77. The molecule has 0 aromatic heterocycles. The lowest BCUT2D eigenvalue weighted by Gasteiger charge is -2.30. The molecule has 4 unspecified atom stereocenters. The second-order valence-corrected chi connectivity index (χ2v) is 22.5. The third kappa shape index (κ3) is 44.4. The maximum atomic E-state index is 9.11. The highest BCUT2D eigenvalue weighted by Gasteiger charge is 2.25. The Morgan fingerprint density at radius 3 is 0.736 bits per heavy atom. The zero-order chi connectivity index (χ0) is 44.2. The molecule has 5 nitrogen and oxygen atoms in total. The molecule has 0 aromatic carbocycles. The van der Waals surface area contributed by atoms with Gasteiger partial charge in [0, 0.05) is 46.1 Å². The number of aliphatic hydroxyl groups excluding tert-OH is 4. The van der Waals surface area contributed by atoms with E-state index in [0.717, 1.165) is 25.4 Å². The van der Waals surface area contributed by atoms with E-state index in [0.29, 0.717) is 53.1 Å². The van der Waals surface area contributed by atoms with Crippen molar-refractivity contribution in [1.82, 2.24) is 0 Å². The summed E-state index contributed by atoms with van der Waals surface area (Å²) in [6.45, 7) is 56.6. The summed E-state index contributed by atoms with van der Waals surface area (Å²) in [6, 6.07) is 0. The van der Waals surface area contributed by atoms with Gasteiger partial charge in [0.1, 0.15) is 0 Å². The normalized spacial score (nSPS) is 14.7. The third-order valence-corrected chi connectivity index (χ3v) is 11.0. The molecule has 4 atom stereocenters. The zero-order valence-corrected chi connectivity index (χ0v) is 41.7. The highest BCUT2D eigenvalue weighted by Crippen LogP contribution is 2.31. The predicted molar refractivity (Wildman–Crippen MR) is 241 cm³/mol. The van der Waals surface area contributed by atoms with Crippen LogP contribution in [0.3, 0.4) is 0 Å². The first-order valence-corrected chi connectivity index (χ1v) is 21.4. The monoisotopic (exact) mass is 765 g/mol. The van der Waals surface area contributed by atoms with Crippen molar-refractivity contribution in [3.05, 3.63) is 0 Å². The van der Waals surface area contributed by atoms with Gasteiger partial charge >= 0.3 is 0 Å². The van der Waals surface area contributed by atoms with Crippen LogP contribution in [0.25, 0.3) is 0 Å². The van der Waals surface area contributed by atoms with E-state index in [-0.39, 0.29) is 35.4 Å². The number of aliphatic hydroxyl groups is 4. The van der Waals surface area contributed by atoms with Crippen LogP contribution in [0.1, 0.15) is 205 Å². The topological polar surface area (TPSA) is 90.2 Å². The summed E-state index contributed by atoms with van der Waals surface area (Å²) in [5.41, 5.74) is 1.98. The average molecular weight is 765 g/mol. The van der Waals surface area contributed by atoms with Gasteiger partial charge in [0.25, 0.3) is 0 Å². The Balaban J connectivity index is -0.000000126. The van der Waals surface area contributed by atoms with Gasteiger partial charge < -0.3 is 25.2 Å². The van der Waals surface area contributed by atoms with E-state index in [4.69, 9.17) is 25.2 Å². The quantitative estimate of drug-likeness (QED) is 0.168. The van der Waals surface area contributed by atoms with Gasteiger partial charge in [0.2, 0.25) is 0 Å². The first kappa shape index (κ1) is 64.7. The van der Waals surface area contributed by atoms with Crippen molar-refractivity contribution < 1.29 is 25.2 Å². The molecule has 4 N–H and O–H groups in total. The van der Waals surface area contributed by atoms with E-state index < -0.39 is 0 Å². The second kappa shape index (κ2) is 31.8. The molecule has 0 aliphatic heterocycles. The summed E-state index contributed by atoms with van der Waals surface area (Å²) in [6.07, 6.45) is 5.97. The first-order valence-electron chi connectivity index (χ1n) is 21.4. The molecule has 0 rings (SSSR count). The van der Waals surface area contributed by atoms with Gasteiger partial charge in [-0.3, -0.25) is 0 Å². The fourth-order valence-corrected chi connectivity index (χ4v) is 4.69. The van der Waals surface area contributed by atoms with Gasteiger partial charge in [-0.05, 0) is 68.5 Å². The summed E-state index contributed by atoms with van der Waals surface area (Å²) in [4.78, 5) is 0. The molecule has 330 valence electrons. The van der Waals surface area contributed by atoms with E-state index >= 15 is 0 Å². The highest BCUT2D eigenvalue weighted by molar-refractivity contribution is 4.75. The molecule has 0 bridgehead atoms. The lowest BCUT2D eigenvalue weighted by Crippen LogP contribution is -2.26. The molecule has 5 heteroatoms. The second-order valence-electron chi connectivity index (χ2n) is 22.5. The van der Waals surface area contributed by atoms with Crippen LogP contribution < -0.4 is 0 Å². The SMILES string of the molecule is CC(C)(C)C(CO)CO.CC(C)CC(CO)C(C)(C)C.CCC(C)(C)C.CCC(C)C(C)(C)C.CCC(CO)C(C)(C)C.CCC(COC)C(C)(C)C. The molecule has 0 heterocycles. The molecule has 0 amide bonds. The maximum Gasteiger partial charge on any atom is 0.0495 e. The molecule has 0 spiro atoms. The van der Waals surface area contributed by atoms with Crippen molar-refractivity contribution in [2.24, 2.45) is 68.0 Å². The van der Waals surface area contributed by atoms with Gasteiger partial charge in [-0.25, -0.2) is 0 Å². The number of hydrogen-bond donors (Lipinski definition) is 4. The van der Waals surface area contributed by atoms with Crippen LogP contribution in [0.15, 0.2) is 0 Å². The van der Waals surface area contributed by atoms with Crippen LogP contribution in [0.2, 0.25) is 0 Å². The Hall–Kier alpha value is -0.200. The van der Waals surface area contributed by atoms with Gasteiger partial charge in [-0.15, -0.1) is 0 Å². The lowest BCUT2D eigenvalue weighted by molar-refractivity contribution is 0.0720. The largest absolute Gasteiger partial charge is 0.396 e. The van der Waals surface area contributed by atoms with Gasteiger partial charge in [0.15, 0.2) is 0 Å². The van der Waals surface area contributed by atoms with Crippen molar-refractivity contribution in [3.63, 3.8) is 0 Å². The summed E-state index contributed by atoms with van der Waals surface area (Å²) >= 11 is 0. The van der Waals surface area contributed by atoms with Crippen molar-refractivity contribution in [1.29, 1.82) is 0 Å². The highest BCUT2D eigenvalue weighted by atomic mass is 16.5. The smallest absolute Gasteiger partial charge is 0.0495 e. The molecule has 0 saturated carbocycles. The first-order chi connectivity index (χ1) is 23.5. The number of ether oxygens (including phenoxy) is 1. The molecule has 53 heavy (non-hydrogen) atoms. The molecule has 0 aromatic rings. The third-order valence-electron chi connectivity index (χ3n) is 11.0. The van der Waals surface area contributed by atoms with E-state index in [2.05, 4.69) is 152 Å². The van der Waals surface area contributed by atoms with Gasteiger partial charge in [-0.1, -0.05) is 199 Å². The van der Waals surface area contributed by atoms with E-state index in [1.165, 1.54) is 19.3 Å². The minimum atomic E-state index is 0.0116. The van der Waals surface area contributed by atoms with E-state index in [9.17, 15) is 0 Å². The van der Waals surface area contributed by atoms with Crippen LogP contribution >= 0.6 is 0 Å². The molecular weight excluding hydrogens is 657 g/mol. The molecule has 0 aliphatic rings. The molecule has 0 fully saturated rings. The molecule has 0 aliphatic carbocycles. The van der Waals surface area contributed by atoms with Crippen LogP contribution in [0.4, 0.5) is 0 Å². The molecule has 0 saturated heterocycles. The van der Waals surface area contributed by atoms with E-state index in [1.807, 2.05) is 20.8 Å². The van der Waals surface area contributed by atoms with Gasteiger partial charge in [0.05, 0.1) is 0 Å². The Morgan fingerprint density at radius 1 is 0.415 bits per heavy atom. The van der Waals surface area contributed by atoms with Crippen molar-refractivity contribution in [2.45, 2.75) is 205 Å². The van der Waals surface area contributed by atoms with Crippen molar-refractivity contribution in [2.75, 3.05) is 40.1 Å². The lowest BCUT2D eigenvalue weighted by atomic mass is 9.77. The fraction of sp³-hybridized carbons (Fsp3) is 1.00. The number of rotatable bonds is 11. The van der Waals surface area contributed by atoms with Crippen LogP contribution in [0.5, 0.6) is 0 Å². The van der Waals surface area contributed by atoms with Crippen LogP contribution in [0, 0.1) is 68.0 Å². The number of methoxy groups -OCH3 is 1. The maximum absolute atomic E-state index is 9.11. The standard InChI is InChI=1S/C10H22O.C9H20O.C8H18O.C8H18.C7H16O2.C6H14/c1-8(2)6-9(7-11)10(3,4)5;1-6-8(7-10-5)9(2,3)4;1-5-7(6-9)8(2,3)4;1-6-7(2)8(3,4)5;1-7(2,3)6(4-8)5-9;1-5-6(2,3)4/h8-9,11H,6-7H2,1-5H3;8H,6-7H2,1-5H3;7,9H,5-6H2,1-4H3;7H,6H2,1-5H3;6,8-9H,4-5H2,1-3H3;5H2,1-4H3. The minimum absolute atomic E-state index is 0.0116. The van der Waals surface area contributed by atoms with Crippen LogP contribution in [-0.4, -0.2) is 60.6 Å². The predicted octanol–water partition coefficient (Wildman–Crippen LogP) is 13.6. The number of hydrogen-bond acceptors (Lipinski definition) is 5.